The maximum Gasteiger partial charge on any atom is 0.269 e. The van der Waals surface area contributed by atoms with E-state index in [1.54, 1.807) is 12.1 Å². The number of nitrogens with zero attached hydrogens (tertiary/aromatic N) is 1. The minimum absolute atomic E-state index is 0.0271. The third-order valence-corrected chi connectivity index (χ3v) is 6.86. The van der Waals surface area contributed by atoms with Crippen LogP contribution in [0.15, 0.2) is 59.8 Å². The lowest BCUT2D eigenvalue weighted by atomic mass is 9.68. The van der Waals surface area contributed by atoms with Gasteiger partial charge in [0.2, 0.25) is 0 Å². The average molecular weight is 418 g/mol. The van der Waals surface area contributed by atoms with E-state index >= 15 is 0 Å². The number of nitro benzene ring substituents is 1. The highest BCUT2D eigenvalue weighted by Crippen LogP contribution is 2.48. The largest absolute Gasteiger partial charge is 0.371 e. The van der Waals surface area contributed by atoms with Crippen LogP contribution in [0.25, 0.3) is 0 Å². The Labute approximate surface area is 181 Å². The van der Waals surface area contributed by atoms with Crippen LogP contribution in [0.3, 0.4) is 0 Å². The van der Waals surface area contributed by atoms with Crippen LogP contribution in [-0.2, 0) is 11.2 Å². The minimum Gasteiger partial charge on any atom is -0.371 e. The van der Waals surface area contributed by atoms with Gasteiger partial charge in [-0.2, -0.15) is 0 Å². The molecule has 0 radical (unpaired) electrons. The Bertz CT molecular complexity index is 1050. The first-order valence-corrected chi connectivity index (χ1v) is 10.9. The van der Waals surface area contributed by atoms with Gasteiger partial charge in [0.25, 0.3) is 5.69 Å². The third-order valence-electron chi connectivity index (χ3n) is 6.86. The summed E-state index contributed by atoms with van der Waals surface area (Å²) in [6, 6.07) is 15.2. The number of nitro groups is 1. The van der Waals surface area contributed by atoms with E-state index in [1.807, 2.05) is 12.1 Å². The summed E-state index contributed by atoms with van der Waals surface area (Å²) in [6.07, 6.45) is 3.30. The lowest BCUT2D eigenvalue weighted by Gasteiger charge is -2.41. The highest BCUT2D eigenvalue weighted by atomic mass is 16.6. The van der Waals surface area contributed by atoms with E-state index in [0.29, 0.717) is 6.42 Å². The predicted molar refractivity (Wildman–Crippen MR) is 117 cm³/mol. The Hall–Kier alpha value is -3.03. The molecule has 0 spiro atoms. The molecule has 5 rings (SSSR count). The molecule has 0 aromatic heterocycles. The normalized spacial score (nSPS) is 27.5. The number of hydrogen-bond acceptors (Lipinski definition) is 6. The molecule has 0 bridgehead atoms. The van der Waals surface area contributed by atoms with Gasteiger partial charge in [0.15, 0.2) is 5.78 Å². The molecule has 4 atom stereocenters. The van der Waals surface area contributed by atoms with Crippen molar-refractivity contribution in [3.63, 3.8) is 0 Å². The summed E-state index contributed by atoms with van der Waals surface area (Å²) in [4.78, 5) is 23.8. The van der Waals surface area contributed by atoms with Crippen LogP contribution >= 0.6 is 0 Å². The number of hydrazine groups is 1. The zero-order chi connectivity index (χ0) is 21.5. The first-order chi connectivity index (χ1) is 15.1. The van der Waals surface area contributed by atoms with Crippen molar-refractivity contribution in [1.29, 1.82) is 0 Å². The standard InChI is InChI=1S/C24H26N4O3/c1-2-14-6-8-15(9-7-14)20-21-18(4-3-5-19(21)29)25-24-22(20)23(26-27-24)16-10-12-17(13-11-16)28(30)31/h6-13,20,22-27H,2-5H2,1H3. The lowest BCUT2D eigenvalue weighted by molar-refractivity contribution is -0.384. The molecule has 1 fully saturated rings. The molecule has 2 aromatic carbocycles. The Morgan fingerprint density at radius 1 is 1.00 bits per heavy atom. The van der Waals surface area contributed by atoms with Gasteiger partial charge < -0.3 is 5.32 Å². The van der Waals surface area contributed by atoms with Crippen molar-refractivity contribution < 1.29 is 9.72 Å². The molecule has 1 saturated heterocycles. The zero-order valence-corrected chi connectivity index (χ0v) is 17.4. The van der Waals surface area contributed by atoms with Crippen LogP contribution in [-0.4, -0.2) is 16.9 Å². The molecule has 7 heteroatoms. The Morgan fingerprint density at radius 2 is 1.71 bits per heavy atom. The second-order valence-electron chi connectivity index (χ2n) is 8.56. The van der Waals surface area contributed by atoms with Gasteiger partial charge in [-0.15, -0.1) is 0 Å². The Balaban J connectivity index is 1.58. The summed E-state index contributed by atoms with van der Waals surface area (Å²) in [6.45, 7) is 2.14. The van der Waals surface area contributed by atoms with Crippen molar-refractivity contribution in [2.75, 3.05) is 0 Å². The molecular formula is C24H26N4O3. The molecule has 0 saturated carbocycles. The van der Waals surface area contributed by atoms with Gasteiger partial charge in [-0.1, -0.05) is 43.3 Å². The van der Waals surface area contributed by atoms with Gasteiger partial charge in [-0.05, 0) is 36.0 Å². The number of ketones is 1. The summed E-state index contributed by atoms with van der Waals surface area (Å²) in [5, 5.41) is 14.6. The van der Waals surface area contributed by atoms with E-state index in [9.17, 15) is 14.9 Å². The van der Waals surface area contributed by atoms with Gasteiger partial charge in [-0.25, -0.2) is 10.9 Å². The minimum atomic E-state index is -0.384. The lowest BCUT2D eigenvalue weighted by Crippen LogP contribution is -2.50. The van der Waals surface area contributed by atoms with Crippen molar-refractivity contribution in [2.24, 2.45) is 5.92 Å². The number of fused-ring (bicyclic) bond motifs is 1. The van der Waals surface area contributed by atoms with Crippen LogP contribution in [0, 0.1) is 16.0 Å². The van der Waals surface area contributed by atoms with E-state index in [1.165, 1.54) is 5.56 Å². The van der Waals surface area contributed by atoms with E-state index in [-0.39, 0.29) is 40.4 Å². The molecular weight excluding hydrogens is 392 g/mol. The number of Topliss-reactive ketones (excluding diaryl/α,β-unsaturated/α-hetero) is 1. The Kier molecular flexibility index (Phi) is 5.08. The predicted octanol–water partition coefficient (Wildman–Crippen LogP) is 3.64. The van der Waals surface area contributed by atoms with Gasteiger partial charge >= 0.3 is 0 Å². The number of rotatable bonds is 4. The zero-order valence-electron chi connectivity index (χ0n) is 17.4. The number of carbonyl (C=O) groups excluding carboxylic acids is 1. The molecule has 0 amide bonds. The number of aryl methyl sites for hydroxylation is 1. The molecule has 160 valence electrons. The van der Waals surface area contributed by atoms with Gasteiger partial charge in [0.05, 0.1) is 17.1 Å². The molecule has 31 heavy (non-hydrogen) atoms. The number of hydrogen-bond donors (Lipinski definition) is 3. The number of nitrogens with one attached hydrogen (secondary N) is 3. The number of carbonyl (C=O) groups is 1. The second-order valence-corrected chi connectivity index (χ2v) is 8.56. The first kappa shape index (κ1) is 19.9. The summed E-state index contributed by atoms with van der Waals surface area (Å²) in [7, 11) is 0. The SMILES string of the molecule is CCc1ccc(C2C3=C(CCCC3=O)NC3NNC(c4ccc([N+](=O)[O-])cc4)C32)cc1. The fraction of sp³-hybridized carbons (Fsp3) is 0.375. The molecule has 7 nitrogen and oxygen atoms in total. The van der Waals surface area contributed by atoms with Crippen molar-refractivity contribution in [1.82, 2.24) is 16.2 Å². The monoisotopic (exact) mass is 418 g/mol. The molecule has 1 aliphatic carbocycles. The van der Waals surface area contributed by atoms with Crippen molar-refractivity contribution in [3.8, 4) is 0 Å². The average Bonchev–Trinajstić information content (AvgIpc) is 3.21. The quantitative estimate of drug-likeness (QED) is 0.518. The Morgan fingerprint density at radius 3 is 2.39 bits per heavy atom. The summed E-state index contributed by atoms with van der Waals surface area (Å²) in [5.41, 5.74) is 12.2. The van der Waals surface area contributed by atoms with Crippen molar-refractivity contribution in [3.05, 3.63) is 86.6 Å². The third kappa shape index (κ3) is 3.43. The molecule has 4 unspecified atom stereocenters. The fourth-order valence-electron chi connectivity index (χ4n) is 5.29. The summed E-state index contributed by atoms with van der Waals surface area (Å²) in [5.74, 6) is 0.239. The maximum absolute atomic E-state index is 13.1. The van der Waals surface area contributed by atoms with E-state index in [2.05, 4.69) is 47.4 Å². The summed E-state index contributed by atoms with van der Waals surface area (Å²) < 4.78 is 0. The number of allylic oxidation sites excluding steroid dienone is 2. The smallest absolute Gasteiger partial charge is 0.269 e. The highest BCUT2D eigenvalue weighted by Gasteiger charge is 2.49. The van der Waals surface area contributed by atoms with E-state index in [4.69, 9.17) is 0 Å². The number of benzene rings is 2. The van der Waals surface area contributed by atoms with Gasteiger partial charge in [-0.3, -0.25) is 14.9 Å². The number of non-ortho nitro benzene ring substituents is 1. The van der Waals surface area contributed by atoms with Gasteiger partial charge in [0, 0.05) is 41.7 Å². The fourth-order valence-corrected chi connectivity index (χ4v) is 5.29. The van der Waals surface area contributed by atoms with Crippen molar-refractivity contribution in [2.45, 2.75) is 50.7 Å². The van der Waals surface area contributed by atoms with E-state index < -0.39 is 0 Å². The van der Waals surface area contributed by atoms with Gasteiger partial charge in [0.1, 0.15) is 0 Å². The van der Waals surface area contributed by atoms with Crippen molar-refractivity contribution >= 4 is 11.5 Å². The topological polar surface area (TPSA) is 96.3 Å². The summed E-state index contributed by atoms with van der Waals surface area (Å²) >= 11 is 0. The van der Waals surface area contributed by atoms with Crippen LogP contribution in [0.1, 0.15) is 54.8 Å². The van der Waals surface area contributed by atoms with Crippen LogP contribution in [0.5, 0.6) is 0 Å². The van der Waals surface area contributed by atoms with Crippen LogP contribution in [0.2, 0.25) is 0 Å². The maximum atomic E-state index is 13.1. The molecule has 2 aromatic rings. The van der Waals surface area contributed by atoms with Crippen LogP contribution in [0.4, 0.5) is 5.69 Å². The van der Waals surface area contributed by atoms with Crippen LogP contribution < -0.4 is 16.2 Å². The second kappa shape index (κ2) is 7.90. The van der Waals surface area contributed by atoms with E-state index in [0.717, 1.165) is 41.7 Å². The molecule has 2 heterocycles. The molecule has 3 aliphatic rings. The first-order valence-electron chi connectivity index (χ1n) is 10.9. The molecule has 2 aliphatic heterocycles. The highest BCUT2D eigenvalue weighted by molar-refractivity contribution is 5.98. The molecule has 3 N–H and O–H groups in total.